The van der Waals surface area contributed by atoms with Gasteiger partial charge < -0.3 is 9.64 Å². The van der Waals surface area contributed by atoms with Crippen molar-refractivity contribution in [3.05, 3.63) is 65.5 Å². The van der Waals surface area contributed by atoms with Crippen molar-refractivity contribution in [2.45, 2.75) is 38.2 Å². The maximum Gasteiger partial charge on any atom is 0.411 e. The number of benzene rings is 1. The minimum atomic E-state index is -4.34. The number of rotatable bonds is 7. The van der Waals surface area contributed by atoms with Crippen molar-refractivity contribution in [3.8, 4) is 0 Å². The monoisotopic (exact) mass is 364 g/mol. The van der Waals surface area contributed by atoms with Crippen LogP contribution in [0.5, 0.6) is 0 Å². The van der Waals surface area contributed by atoms with Crippen LogP contribution in [0.2, 0.25) is 0 Å². The van der Waals surface area contributed by atoms with E-state index in [0.29, 0.717) is 17.7 Å². The zero-order valence-electron chi connectivity index (χ0n) is 14.1. The number of pyridine rings is 1. The first-order chi connectivity index (χ1) is 12.4. The van der Waals surface area contributed by atoms with Gasteiger partial charge in [-0.3, -0.25) is 9.78 Å². The fraction of sp³-hybridized carbons (Fsp3) is 0.368. The van der Waals surface area contributed by atoms with Crippen LogP contribution in [-0.2, 0) is 17.9 Å². The molecule has 0 spiro atoms. The van der Waals surface area contributed by atoms with E-state index < -0.39 is 12.8 Å². The van der Waals surface area contributed by atoms with Gasteiger partial charge in [-0.1, -0.05) is 18.2 Å². The number of ether oxygens (including phenoxy) is 1. The Balaban J connectivity index is 1.62. The fourth-order valence-electron chi connectivity index (χ4n) is 2.61. The van der Waals surface area contributed by atoms with E-state index in [9.17, 15) is 18.0 Å². The molecule has 2 aromatic rings. The van der Waals surface area contributed by atoms with Crippen LogP contribution in [-0.4, -0.2) is 34.6 Å². The number of hydrogen-bond acceptors (Lipinski definition) is 3. The van der Waals surface area contributed by atoms with E-state index in [4.69, 9.17) is 0 Å². The molecule has 1 saturated carbocycles. The average molecular weight is 364 g/mol. The highest BCUT2D eigenvalue weighted by molar-refractivity contribution is 5.94. The normalized spacial score (nSPS) is 14.3. The second kappa shape index (κ2) is 7.86. The summed E-state index contributed by atoms with van der Waals surface area (Å²) < 4.78 is 40.9. The summed E-state index contributed by atoms with van der Waals surface area (Å²) in [5, 5.41) is 0. The lowest BCUT2D eigenvalue weighted by Crippen LogP contribution is -2.32. The topological polar surface area (TPSA) is 42.4 Å². The highest BCUT2D eigenvalue weighted by Gasteiger charge is 2.33. The highest BCUT2D eigenvalue weighted by Crippen LogP contribution is 2.29. The number of amides is 1. The molecule has 0 atom stereocenters. The molecule has 1 amide bonds. The molecule has 0 saturated heterocycles. The fourth-order valence-corrected chi connectivity index (χ4v) is 2.61. The molecule has 7 heteroatoms. The van der Waals surface area contributed by atoms with Gasteiger partial charge >= 0.3 is 6.18 Å². The van der Waals surface area contributed by atoms with Gasteiger partial charge in [0.25, 0.3) is 5.91 Å². The van der Waals surface area contributed by atoms with E-state index in [2.05, 4.69) is 9.72 Å². The Kier molecular flexibility index (Phi) is 5.56. The number of aromatic nitrogens is 1. The molecule has 1 aromatic carbocycles. The Bertz CT molecular complexity index is 729. The van der Waals surface area contributed by atoms with Crippen molar-refractivity contribution in [2.75, 3.05) is 6.61 Å². The molecule has 4 nitrogen and oxygen atoms in total. The first-order valence-electron chi connectivity index (χ1n) is 8.37. The van der Waals surface area contributed by atoms with Crippen molar-refractivity contribution in [3.63, 3.8) is 0 Å². The van der Waals surface area contributed by atoms with Gasteiger partial charge in [0, 0.05) is 17.8 Å². The Labute approximate surface area is 149 Å². The van der Waals surface area contributed by atoms with Crippen LogP contribution in [0.1, 0.15) is 34.5 Å². The third-order valence-electron chi connectivity index (χ3n) is 4.04. The number of nitrogens with zero attached hydrogens (tertiary/aromatic N) is 2. The van der Waals surface area contributed by atoms with Gasteiger partial charge in [-0.2, -0.15) is 13.2 Å². The van der Waals surface area contributed by atoms with E-state index in [-0.39, 0.29) is 18.6 Å². The van der Waals surface area contributed by atoms with Crippen LogP contribution in [0.25, 0.3) is 0 Å². The van der Waals surface area contributed by atoms with Crippen molar-refractivity contribution in [2.24, 2.45) is 0 Å². The Morgan fingerprint density at radius 2 is 1.88 bits per heavy atom. The van der Waals surface area contributed by atoms with Crippen LogP contribution >= 0.6 is 0 Å². The second-order valence-corrected chi connectivity index (χ2v) is 6.29. The number of halogens is 3. The van der Waals surface area contributed by atoms with Crippen LogP contribution in [0, 0.1) is 0 Å². The molecule has 1 aromatic heterocycles. The van der Waals surface area contributed by atoms with Crippen molar-refractivity contribution < 1.29 is 22.7 Å². The maximum absolute atomic E-state index is 12.8. The smallest absolute Gasteiger partial charge is 0.367 e. The quantitative estimate of drug-likeness (QED) is 0.747. The van der Waals surface area contributed by atoms with Crippen molar-refractivity contribution in [1.29, 1.82) is 0 Å². The lowest BCUT2D eigenvalue weighted by atomic mass is 10.1. The Hall–Kier alpha value is -2.41. The molecule has 0 unspecified atom stereocenters. The molecule has 1 fully saturated rings. The van der Waals surface area contributed by atoms with Crippen LogP contribution in [0.15, 0.2) is 48.7 Å². The zero-order chi connectivity index (χ0) is 18.6. The molecule has 0 bridgehead atoms. The summed E-state index contributed by atoms with van der Waals surface area (Å²) in [6.45, 7) is -0.984. The lowest BCUT2D eigenvalue weighted by molar-refractivity contribution is -0.176. The molecule has 1 heterocycles. The van der Waals surface area contributed by atoms with Gasteiger partial charge in [0.05, 0.1) is 18.8 Å². The largest absolute Gasteiger partial charge is 0.411 e. The summed E-state index contributed by atoms with van der Waals surface area (Å²) in [5.41, 5.74) is 1.92. The minimum Gasteiger partial charge on any atom is -0.367 e. The van der Waals surface area contributed by atoms with E-state index >= 15 is 0 Å². The average Bonchev–Trinajstić information content (AvgIpc) is 3.44. The first kappa shape index (κ1) is 18.4. The van der Waals surface area contributed by atoms with Crippen molar-refractivity contribution in [1.82, 2.24) is 9.88 Å². The summed E-state index contributed by atoms with van der Waals surface area (Å²) in [4.78, 5) is 18.9. The highest BCUT2D eigenvalue weighted by atomic mass is 19.4. The van der Waals surface area contributed by atoms with Crippen molar-refractivity contribution >= 4 is 5.91 Å². The maximum atomic E-state index is 12.8. The molecule has 0 radical (unpaired) electrons. The third-order valence-corrected chi connectivity index (χ3v) is 4.04. The zero-order valence-corrected chi connectivity index (χ0v) is 14.1. The molecule has 138 valence electrons. The summed E-state index contributed by atoms with van der Waals surface area (Å²) in [7, 11) is 0. The Morgan fingerprint density at radius 1 is 1.15 bits per heavy atom. The van der Waals surface area contributed by atoms with E-state index in [1.54, 1.807) is 35.4 Å². The van der Waals surface area contributed by atoms with Gasteiger partial charge in [0.2, 0.25) is 0 Å². The number of alkyl halides is 3. The molecule has 3 rings (SSSR count). The van der Waals surface area contributed by atoms with Gasteiger partial charge in [-0.05, 0) is 42.7 Å². The molecule has 26 heavy (non-hydrogen) atoms. The van der Waals surface area contributed by atoms with Crippen LogP contribution in [0.3, 0.4) is 0 Å². The SMILES string of the molecule is O=C(c1ccc(COCC(F)(F)F)cc1)N(Cc1ccccn1)C1CC1. The standard InChI is InChI=1S/C19H19F3N2O2/c20-19(21,22)13-26-12-14-4-6-15(7-5-14)18(25)24(17-8-9-17)11-16-3-1-2-10-23-16/h1-7,10,17H,8-9,11-13H2. The number of carbonyl (C=O) groups is 1. The molecular formula is C19H19F3N2O2. The minimum absolute atomic E-state index is 0.0964. The lowest BCUT2D eigenvalue weighted by Gasteiger charge is -2.22. The van der Waals surface area contributed by atoms with Gasteiger partial charge in [-0.25, -0.2) is 0 Å². The predicted octanol–water partition coefficient (Wildman–Crippen LogP) is 3.97. The molecule has 1 aliphatic rings. The van der Waals surface area contributed by atoms with E-state index in [1.807, 2.05) is 18.2 Å². The summed E-state index contributed by atoms with van der Waals surface area (Å²) in [6, 6.07) is 12.3. The second-order valence-electron chi connectivity index (χ2n) is 6.29. The summed E-state index contributed by atoms with van der Waals surface area (Å²) in [5.74, 6) is -0.0964. The molecule has 0 N–H and O–H groups in total. The van der Waals surface area contributed by atoms with Gasteiger partial charge in [0.15, 0.2) is 0 Å². The van der Waals surface area contributed by atoms with Crippen LogP contribution in [0.4, 0.5) is 13.2 Å². The molecule has 0 aliphatic heterocycles. The predicted molar refractivity (Wildman–Crippen MR) is 89.3 cm³/mol. The van der Waals surface area contributed by atoms with E-state index in [1.165, 1.54) is 0 Å². The summed E-state index contributed by atoms with van der Waals surface area (Å²) in [6.07, 6.45) is -0.698. The number of carbonyl (C=O) groups excluding carboxylic acids is 1. The Morgan fingerprint density at radius 3 is 2.46 bits per heavy atom. The third kappa shape index (κ3) is 5.29. The van der Waals surface area contributed by atoms with Crippen LogP contribution < -0.4 is 0 Å². The summed E-state index contributed by atoms with van der Waals surface area (Å²) >= 11 is 0. The molecular weight excluding hydrogens is 345 g/mol. The van der Waals surface area contributed by atoms with Gasteiger partial charge in [-0.15, -0.1) is 0 Å². The molecule has 1 aliphatic carbocycles. The first-order valence-corrected chi connectivity index (χ1v) is 8.37. The van der Waals surface area contributed by atoms with Gasteiger partial charge in [0.1, 0.15) is 6.61 Å². The van der Waals surface area contributed by atoms with E-state index in [0.717, 1.165) is 18.5 Å². The number of hydrogen-bond donors (Lipinski definition) is 0.